The Morgan fingerprint density at radius 2 is 1.91 bits per heavy atom. The second kappa shape index (κ2) is 8.87. The molecule has 2 heteroatoms. The van der Waals surface area contributed by atoms with Crippen LogP contribution in [0.3, 0.4) is 0 Å². The van der Waals surface area contributed by atoms with E-state index in [0.29, 0.717) is 0 Å². The Bertz CT molecular complexity index is 523. The van der Waals surface area contributed by atoms with Crippen LogP contribution in [0.15, 0.2) is 36.4 Å². The van der Waals surface area contributed by atoms with Crippen LogP contribution in [0.25, 0.3) is 5.57 Å². The van der Waals surface area contributed by atoms with E-state index in [1.165, 1.54) is 57.1 Å². The first-order valence-electron chi connectivity index (χ1n) is 8.49. The number of halogens is 2. The second-order valence-corrected chi connectivity index (χ2v) is 6.21. The predicted octanol–water partition coefficient (Wildman–Crippen LogP) is 6.67. The zero-order valence-electron chi connectivity index (χ0n) is 13.5. The van der Waals surface area contributed by atoms with Gasteiger partial charge in [0.1, 0.15) is 0 Å². The highest BCUT2D eigenvalue weighted by molar-refractivity contribution is 5.73. The molecular weight excluding hydrogens is 278 g/mol. The molecule has 0 radical (unpaired) electrons. The van der Waals surface area contributed by atoms with Crippen LogP contribution in [-0.4, -0.2) is 0 Å². The summed E-state index contributed by atoms with van der Waals surface area (Å²) in [5.74, 6) is -0.659. The molecule has 1 aromatic rings. The molecule has 0 heterocycles. The van der Waals surface area contributed by atoms with E-state index in [0.717, 1.165) is 23.5 Å². The smallest absolute Gasteiger partial charge is 0.159 e. The minimum atomic E-state index is -0.796. The molecule has 0 aliphatic heterocycles. The quantitative estimate of drug-likeness (QED) is 0.406. The fraction of sp³-hybridized carbons (Fsp3) is 0.500. The maximum atomic E-state index is 13.3. The highest BCUT2D eigenvalue weighted by Gasteiger charge is 2.12. The molecule has 22 heavy (non-hydrogen) atoms. The zero-order valence-corrected chi connectivity index (χ0v) is 13.5. The van der Waals surface area contributed by atoms with Crippen molar-refractivity contribution in [2.45, 2.75) is 58.3 Å². The lowest BCUT2D eigenvalue weighted by Crippen LogP contribution is -2.05. The number of hydrogen-bond donors (Lipinski definition) is 0. The normalized spacial score (nSPS) is 17.3. The Morgan fingerprint density at radius 3 is 2.59 bits per heavy atom. The Kier molecular flexibility index (Phi) is 6.82. The van der Waals surface area contributed by atoms with Gasteiger partial charge < -0.3 is 0 Å². The summed E-state index contributed by atoms with van der Waals surface area (Å²) in [6.45, 7) is 1.92. The summed E-state index contributed by atoms with van der Waals surface area (Å²) in [7, 11) is 0. The summed E-state index contributed by atoms with van der Waals surface area (Å²) in [4.78, 5) is 0. The van der Waals surface area contributed by atoms with Crippen LogP contribution < -0.4 is 0 Å². The van der Waals surface area contributed by atoms with E-state index >= 15 is 0 Å². The zero-order chi connectivity index (χ0) is 15.8. The van der Waals surface area contributed by atoms with Gasteiger partial charge in [0, 0.05) is 0 Å². The van der Waals surface area contributed by atoms with Gasteiger partial charge in [-0.1, -0.05) is 62.8 Å². The third kappa shape index (κ3) is 5.08. The van der Waals surface area contributed by atoms with Crippen LogP contribution in [0.5, 0.6) is 0 Å². The standard InChI is InChI=1S/C20H26F2/c1-2-17(18-13-14-19(21)20(22)15-18)12-8-4-7-11-16-9-5-3-6-10-16/h2,8,12-16H,3-7,9-11H2,1H3/b12-8-,17-2+. The molecule has 1 aromatic carbocycles. The van der Waals surface area contributed by atoms with Crippen LogP contribution in [0, 0.1) is 17.6 Å². The van der Waals surface area contributed by atoms with Gasteiger partial charge in [-0.15, -0.1) is 0 Å². The van der Waals surface area contributed by atoms with Crippen molar-refractivity contribution in [1.82, 2.24) is 0 Å². The molecule has 0 saturated heterocycles. The van der Waals surface area contributed by atoms with Gasteiger partial charge in [0.25, 0.3) is 0 Å². The van der Waals surface area contributed by atoms with Crippen LogP contribution in [-0.2, 0) is 0 Å². The van der Waals surface area contributed by atoms with Crippen LogP contribution in [0.2, 0.25) is 0 Å². The second-order valence-electron chi connectivity index (χ2n) is 6.21. The fourth-order valence-corrected chi connectivity index (χ4v) is 3.25. The van der Waals surface area contributed by atoms with Gasteiger partial charge in [-0.3, -0.25) is 0 Å². The molecule has 2 rings (SSSR count). The van der Waals surface area contributed by atoms with Crippen molar-refractivity contribution in [2.75, 3.05) is 0 Å². The van der Waals surface area contributed by atoms with Crippen molar-refractivity contribution in [3.63, 3.8) is 0 Å². The van der Waals surface area contributed by atoms with Gasteiger partial charge in [0.05, 0.1) is 0 Å². The number of benzene rings is 1. The van der Waals surface area contributed by atoms with E-state index in [1.54, 1.807) is 6.07 Å². The molecular formula is C20H26F2. The van der Waals surface area contributed by atoms with Gasteiger partial charge in [0.15, 0.2) is 11.6 Å². The third-order valence-corrected chi connectivity index (χ3v) is 4.57. The highest BCUT2D eigenvalue weighted by atomic mass is 19.2. The van der Waals surface area contributed by atoms with Gasteiger partial charge >= 0.3 is 0 Å². The van der Waals surface area contributed by atoms with E-state index in [4.69, 9.17) is 0 Å². The van der Waals surface area contributed by atoms with Crippen LogP contribution in [0.1, 0.15) is 63.9 Å². The summed E-state index contributed by atoms with van der Waals surface area (Å²) >= 11 is 0. The number of unbranched alkanes of at least 4 members (excludes halogenated alkanes) is 1. The van der Waals surface area contributed by atoms with E-state index in [2.05, 4.69) is 6.08 Å². The lowest BCUT2D eigenvalue weighted by atomic mass is 9.86. The minimum absolute atomic E-state index is 0.727. The molecule has 0 spiro atoms. The summed E-state index contributed by atoms with van der Waals surface area (Å²) < 4.78 is 26.3. The van der Waals surface area contributed by atoms with Crippen molar-refractivity contribution in [1.29, 1.82) is 0 Å². The molecule has 1 fully saturated rings. The molecule has 0 atom stereocenters. The predicted molar refractivity (Wildman–Crippen MR) is 89.6 cm³/mol. The average molecular weight is 304 g/mol. The average Bonchev–Trinajstić information content (AvgIpc) is 2.55. The maximum Gasteiger partial charge on any atom is 0.159 e. The molecule has 0 bridgehead atoms. The third-order valence-electron chi connectivity index (χ3n) is 4.57. The lowest BCUT2D eigenvalue weighted by molar-refractivity contribution is 0.333. The molecule has 1 aliphatic rings. The molecule has 0 unspecified atom stereocenters. The largest absolute Gasteiger partial charge is 0.204 e. The van der Waals surface area contributed by atoms with Gasteiger partial charge in [-0.05, 0) is 49.0 Å². The van der Waals surface area contributed by atoms with Crippen molar-refractivity contribution < 1.29 is 8.78 Å². The van der Waals surface area contributed by atoms with E-state index in [-0.39, 0.29) is 0 Å². The first-order chi connectivity index (χ1) is 10.7. The van der Waals surface area contributed by atoms with E-state index in [1.807, 2.05) is 19.1 Å². The van der Waals surface area contributed by atoms with Crippen molar-refractivity contribution in [3.8, 4) is 0 Å². The molecule has 0 N–H and O–H groups in total. The number of hydrogen-bond acceptors (Lipinski definition) is 0. The Labute approximate surface area is 132 Å². The SMILES string of the molecule is C/C=C(\C=C/CCCC1CCCCC1)c1ccc(F)c(F)c1. The monoisotopic (exact) mass is 304 g/mol. The maximum absolute atomic E-state index is 13.3. The minimum Gasteiger partial charge on any atom is -0.204 e. The van der Waals surface area contributed by atoms with Crippen LogP contribution in [0.4, 0.5) is 8.78 Å². The van der Waals surface area contributed by atoms with Gasteiger partial charge in [0.2, 0.25) is 0 Å². The molecule has 0 amide bonds. The first-order valence-corrected chi connectivity index (χ1v) is 8.49. The fourth-order valence-electron chi connectivity index (χ4n) is 3.25. The highest BCUT2D eigenvalue weighted by Crippen LogP contribution is 2.28. The van der Waals surface area contributed by atoms with Crippen molar-refractivity contribution in [3.05, 3.63) is 53.6 Å². The Morgan fingerprint density at radius 1 is 1.14 bits per heavy atom. The van der Waals surface area contributed by atoms with Crippen LogP contribution >= 0.6 is 0 Å². The van der Waals surface area contributed by atoms with Gasteiger partial charge in [-0.2, -0.15) is 0 Å². The first kappa shape index (κ1) is 16.9. The molecule has 1 saturated carbocycles. The van der Waals surface area contributed by atoms with Crippen molar-refractivity contribution >= 4 is 5.57 Å². The van der Waals surface area contributed by atoms with Gasteiger partial charge in [-0.25, -0.2) is 8.78 Å². The summed E-state index contributed by atoms with van der Waals surface area (Å²) in [5.41, 5.74) is 1.67. The summed E-state index contributed by atoms with van der Waals surface area (Å²) in [6.07, 6.45) is 16.7. The Hall–Kier alpha value is -1.44. The molecule has 0 nitrogen and oxygen atoms in total. The van der Waals surface area contributed by atoms with Crippen molar-refractivity contribution in [2.24, 2.45) is 5.92 Å². The Balaban J connectivity index is 1.80. The van der Waals surface area contributed by atoms with E-state index in [9.17, 15) is 8.78 Å². The molecule has 0 aromatic heterocycles. The number of rotatable bonds is 6. The van der Waals surface area contributed by atoms with E-state index < -0.39 is 11.6 Å². The number of allylic oxidation sites excluding steroid dienone is 4. The summed E-state index contributed by atoms with van der Waals surface area (Å²) in [5, 5.41) is 0. The topological polar surface area (TPSA) is 0 Å². The molecule has 120 valence electrons. The summed E-state index contributed by atoms with van der Waals surface area (Å²) in [6, 6.07) is 4.07. The lowest BCUT2D eigenvalue weighted by Gasteiger charge is -2.20. The molecule has 1 aliphatic carbocycles.